The molecular weight excluding hydrogens is 396 g/mol. The molecule has 1 saturated carbocycles. The van der Waals surface area contributed by atoms with Gasteiger partial charge < -0.3 is 19.3 Å². The fraction of sp³-hybridized carbons (Fsp3) is 0.760. The van der Waals surface area contributed by atoms with Gasteiger partial charge in [0.15, 0.2) is 17.0 Å². The van der Waals surface area contributed by atoms with E-state index >= 15 is 0 Å². The van der Waals surface area contributed by atoms with Gasteiger partial charge in [-0.2, -0.15) is 0 Å². The van der Waals surface area contributed by atoms with Gasteiger partial charge >= 0.3 is 5.97 Å². The normalized spacial score (nSPS) is 35.5. The predicted octanol–water partition coefficient (Wildman–Crippen LogP) is 4.54. The van der Waals surface area contributed by atoms with Gasteiger partial charge in [0.25, 0.3) is 0 Å². The number of rotatable bonds is 11. The standard InChI is InChI=1S/C25H38O6/c1-5-6-7-8-9-10-11-12-22(27)29-17-18(2)13-14-20-24(4)25(28)19(26)15-23(3,31-24)16-21(25)30-20/h13-14,21,28H,5-12,15-17H2,1-4H3/b18-13+,20-14-. The zero-order valence-corrected chi connectivity index (χ0v) is 19.5. The van der Waals surface area contributed by atoms with Crippen molar-refractivity contribution in [3.8, 4) is 0 Å². The summed E-state index contributed by atoms with van der Waals surface area (Å²) in [4.78, 5) is 24.5. The van der Waals surface area contributed by atoms with Crippen LogP contribution in [0.5, 0.6) is 0 Å². The summed E-state index contributed by atoms with van der Waals surface area (Å²) in [5.74, 6) is 0.0521. The van der Waals surface area contributed by atoms with Crippen LogP contribution >= 0.6 is 0 Å². The van der Waals surface area contributed by atoms with Gasteiger partial charge in [0, 0.05) is 19.3 Å². The Kier molecular flexibility index (Phi) is 7.32. The molecule has 4 atom stereocenters. The number of hydrogen-bond donors (Lipinski definition) is 1. The molecule has 0 aromatic carbocycles. The van der Waals surface area contributed by atoms with Gasteiger partial charge in [-0.1, -0.05) is 51.5 Å². The van der Waals surface area contributed by atoms with Crippen molar-refractivity contribution in [2.75, 3.05) is 6.61 Å². The van der Waals surface area contributed by atoms with E-state index in [-0.39, 0.29) is 24.8 Å². The lowest BCUT2D eigenvalue weighted by Crippen LogP contribution is -2.73. The Balaban J connectivity index is 1.47. The molecular formula is C25H38O6. The highest BCUT2D eigenvalue weighted by molar-refractivity contribution is 5.93. The van der Waals surface area contributed by atoms with Gasteiger partial charge in [0.1, 0.15) is 18.5 Å². The van der Waals surface area contributed by atoms with Crippen molar-refractivity contribution in [1.82, 2.24) is 0 Å². The molecule has 174 valence electrons. The first-order chi connectivity index (χ1) is 14.6. The monoisotopic (exact) mass is 434 g/mol. The fourth-order valence-corrected chi connectivity index (χ4v) is 5.08. The van der Waals surface area contributed by atoms with Crippen molar-refractivity contribution in [2.45, 2.75) is 115 Å². The summed E-state index contributed by atoms with van der Waals surface area (Å²) in [5.41, 5.74) is -2.59. The highest BCUT2D eigenvalue weighted by Gasteiger charge is 2.76. The van der Waals surface area contributed by atoms with Crippen LogP contribution in [0.3, 0.4) is 0 Å². The number of fused-ring (bicyclic) bond motifs is 1. The molecule has 3 heterocycles. The average molecular weight is 435 g/mol. The third-order valence-corrected chi connectivity index (χ3v) is 6.92. The van der Waals surface area contributed by atoms with E-state index in [2.05, 4.69) is 6.92 Å². The van der Waals surface area contributed by atoms with E-state index in [0.29, 0.717) is 18.6 Å². The second kappa shape index (κ2) is 9.45. The molecule has 6 heteroatoms. The molecule has 4 rings (SSSR count). The quantitative estimate of drug-likeness (QED) is 0.380. The molecule has 0 aromatic heterocycles. The van der Waals surface area contributed by atoms with Crippen LogP contribution in [0.1, 0.15) is 91.9 Å². The maximum Gasteiger partial charge on any atom is 0.306 e. The fourth-order valence-electron chi connectivity index (χ4n) is 5.08. The van der Waals surface area contributed by atoms with Crippen LogP contribution < -0.4 is 0 Å². The number of allylic oxidation sites excluding steroid dienone is 2. The first-order valence-electron chi connectivity index (χ1n) is 11.8. The van der Waals surface area contributed by atoms with E-state index in [4.69, 9.17) is 14.2 Å². The number of carbonyl (C=O) groups excluding carboxylic acids is 2. The largest absolute Gasteiger partial charge is 0.488 e. The van der Waals surface area contributed by atoms with Crippen LogP contribution in [0.4, 0.5) is 0 Å². The van der Waals surface area contributed by atoms with E-state index in [1.807, 2.05) is 13.8 Å². The minimum absolute atomic E-state index is 0.178. The van der Waals surface area contributed by atoms with Crippen molar-refractivity contribution in [2.24, 2.45) is 0 Å². The van der Waals surface area contributed by atoms with E-state index in [9.17, 15) is 14.7 Å². The van der Waals surface area contributed by atoms with Crippen molar-refractivity contribution in [3.63, 3.8) is 0 Å². The van der Waals surface area contributed by atoms with Crippen LogP contribution in [0.2, 0.25) is 0 Å². The maximum atomic E-state index is 12.6. The lowest BCUT2D eigenvalue weighted by atomic mass is 9.63. The van der Waals surface area contributed by atoms with Gasteiger partial charge in [-0.05, 0) is 38.8 Å². The van der Waals surface area contributed by atoms with Crippen LogP contribution in [-0.4, -0.2) is 46.4 Å². The Labute approximate surface area is 186 Å². The lowest BCUT2D eigenvalue weighted by molar-refractivity contribution is -0.265. The third-order valence-electron chi connectivity index (χ3n) is 6.92. The molecule has 3 saturated heterocycles. The number of carbonyl (C=O) groups is 2. The Morgan fingerprint density at radius 3 is 2.58 bits per heavy atom. The smallest absolute Gasteiger partial charge is 0.306 e. The summed E-state index contributed by atoms with van der Waals surface area (Å²) in [6.45, 7) is 7.90. The van der Waals surface area contributed by atoms with Crippen LogP contribution in [-0.2, 0) is 23.8 Å². The molecule has 0 spiro atoms. The molecule has 1 N–H and O–H groups in total. The first kappa shape index (κ1) is 24.0. The summed E-state index contributed by atoms with van der Waals surface area (Å²) in [6, 6.07) is 0. The second-order valence-electron chi connectivity index (χ2n) is 9.84. The number of esters is 1. The Bertz CT molecular complexity index is 755. The summed E-state index contributed by atoms with van der Waals surface area (Å²) in [6.07, 6.45) is 12.2. The van der Waals surface area contributed by atoms with Gasteiger partial charge in [0.2, 0.25) is 0 Å². The molecule has 0 radical (unpaired) electrons. The van der Waals surface area contributed by atoms with E-state index < -0.39 is 22.9 Å². The van der Waals surface area contributed by atoms with Crippen LogP contribution in [0, 0.1) is 0 Å². The van der Waals surface area contributed by atoms with Crippen molar-refractivity contribution in [1.29, 1.82) is 0 Å². The molecule has 4 unspecified atom stereocenters. The third kappa shape index (κ3) is 4.75. The number of Topliss-reactive ketones (excluding diaryl/α,β-unsaturated/α-hetero) is 1. The van der Waals surface area contributed by atoms with E-state index in [1.54, 1.807) is 19.1 Å². The van der Waals surface area contributed by atoms with Gasteiger partial charge in [-0.15, -0.1) is 0 Å². The summed E-state index contributed by atoms with van der Waals surface area (Å²) in [5, 5.41) is 11.1. The number of ether oxygens (including phenoxy) is 3. The maximum absolute atomic E-state index is 12.6. The molecule has 0 aromatic rings. The molecule has 4 fully saturated rings. The van der Waals surface area contributed by atoms with E-state index in [1.165, 1.54) is 32.1 Å². The predicted molar refractivity (Wildman–Crippen MR) is 117 cm³/mol. The Morgan fingerprint density at radius 1 is 1.19 bits per heavy atom. The molecule has 4 bridgehead atoms. The van der Waals surface area contributed by atoms with Crippen molar-refractivity contribution in [3.05, 3.63) is 23.5 Å². The Morgan fingerprint density at radius 2 is 1.87 bits per heavy atom. The topological polar surface area (TPSA) is 82.1 Å². The summed E-state index contributed by atoms with van der Waals surface area (Å²) >= 11 is 0. The number of hydrogen-bond acceptors (Lipinski definition) is 6. The number of aliphatic hydroxyl groups is 1. The van der Waals surface area contributed by atoms with Gasteiger partial charge in [-0.25, -0.2) is 0 Å². The Hall–Kier alpha value is -1.66. The lowest BCUT2D eigenvalue weighted by Gasteiger charge is -2.54. The molecule has 4 aliphatic rings. The van der Waals surface area contributed by atoms with Crippen molar-refractivity contribution >= 4 is 11.8 Å². The van der Waals surface area contributed by atoms with Crippen LogP contribution in [0.15, 0.2) is 23.5 Å². The van der Waals surface area contributed by atoms with Crippen molar-refractivity contribution < 1.29 is 28.9 Å². The first-order valence-corrected chi connectivity index (χ1v) is 11.8. The molecule has 0 amide bonds. The molecule has 31 heavy (non-hydrogen) atoms. The molecule has 3 aliphatic heterocycles. The average Bonchev–Trinajstić information content (AvgIpc) is 2.84. The summed E-state index contributed by atoms with van der Waals surface area (Å²) in [7, 11) is 0. The minimum Gasteiger partial charge on any atom is -0.488 e. The van der Waals surface area contributed by atoms with Crippen LogP contribution in [0.25, 0.3) is 0 Å². The molecule has 6 nitrogen and oxygen atoms in total. The highest BCUT2D eigenvalue weighted by Crippen LogP contribution is 2.59. The highest BCUT2D eigenvalue weighted by atomic mass is 16.6. The zero-order valence-electron chi connectivity index (χ0n) is 19.5. The second-order valence-corrected chi connectivity index (χ2v) is 9.84. The minimum atomic E-state index is -1.64. The van der Waals surface area contributed by atoms with Gasteiger partial charge in [-0.3, -0.25) is 9.59 Å². The number of unbranched alkanes of at least 4 members (excludes halogenated alkanes) is 6. The van der Waals surface area contributed by atoms with E-state index in [0.717, 1.165) is 18.4 Å². The zero-order chi connectivity index (χ0) is 22.7. The SMILES string of the molecule is CCCCCCCCCC(=O)OC/C(C)=C/C=C1\OC2CC3(C)CC(=O)C2(O)C1(C)O3. The molecule has 1 aliphatic carbocycles. The summed E-state index contributed by atoms with van der Waals surface area (Å²) < 4.78 is 17.5. The van der Waals surface area contributed by atoms with Gasteiger partial charge in [0.05, 0.1) is 5.60 Å². The number of ketones is 1.